The topological polar surface area (TPSA) is 63.6 Å². The van der Waals surface area contributed by atoms with Crippen LogP contribution in [0.1, 0.15) is 174 Å². The summed E-state index contributed by atoms with van der Waals surface area (Å²) >= 11 is 0. The first-order valence-electron chi connectivity index (χ1n) is 16.7. The Balaban J connectivity index is 2.23. The second kappa shape index (κ2) is 24.7. The van der Waals surface area contributed by atoms with Crippen LogP contribution in [0.15, 0.2) is 12.2 Å². The fourth-order valence-corrected chi connectivity index (χ4v) is 5.75. The first-order chi connectivity index (χ1) is 18.6. The van der Waals surface area contributed by atoms with E-state index in [1.165, 1.54) is 122 Å². The van der Waals surface area contributed by atoms with Crippen molar-refractivity contribution in [2.24, 2.45) is 11.8 Å². The average molecular weight is 535 g/mol. The monoisotopic (exact) mass is 534 g/mol. The zero-order chi connectivity index (χ0) is 27.7. The van der Waals surface area contributed by atoms with E-state index in [1.807, 2.05) is 6.08 Å². The van der Waals surface area contributed by atoms with E-state index in [4.69, 9.17) is 4.74 Å². The number of hydrogen-bond acceptors (Lipinski definition) is 3. The molecular weight excluding hydrogens is 472 g/mol. The third kappa shape index (κ3) is 18.1. The van der Waals surface area contributed by atoms with Crippen LogP contribution in [0.4, 0.5) is 0 Å². The smallest absolute Gasteiger partial charge is 0.313 e. The highest BCUT2D eigenvalue weighted by Gasteiger charge is 2.35. The normalized spacial score (nSPS) is 17.9. The van der Waals surface area contributed by atoms with Crippen molar-refractivity contribution < 1.29 is 19.4 Å². The quantitative estimate of drug-likeness (QED) is 0.0681. The SMILES string of the molecule is CCCCCCCCCCCCCCCCCC(CCCCCCCC)OC(=O)C1C=CCCC1C(=O)O. The van der Waals surface area contributed by atoms with Gasteiger partial charge in [0, 0.05) is 0 Å². The Kier molecular flexibility index (Phi) is 22.6. The van der Waals surface area contributed by atoms with Gasteiger partial charge in [-0.3, -0.25) is 9.59 Å². The number of aliphatic carboxylic acids is 1. The Bertz CT molecular complexity index is 599. The van der Waals surface area contributed by atoms with E-state index in [2.05, 4.69) is 13.8 Å². The predicted molar refractivity (Wildman–Crippen MR) is 160 cm³/mol. The Morgan fingerprint density at radius 1 is 0.684 bits per heavy atom. The van der Waals surface area contributed by atoms with Crippen LogP contribution in [0, 0.1) is 11.8 Å². The van der Waals surface area contributed by atoms with Gasteiger partial charge in [0.05, 0.1) is 11.8 Å². The summed E-state index contributed by atoms with van der Waals surface area (Å²) in [5.74, 6) is -2.49. The molecule has 3 unspecified atom stereocenters. The van der Waals surface area contributed by atoms with Crippen LogP contribution in [0.5, 0.6) is 0 Å². The third-order valence-electron chi connectivity index (χ3n) is 8.30. The number of unbranched alkanes of at least 4 members (excludes halogenated alkanes) is 19. The average Bonchev–Trinajstić information content (AvgIpc) is 2.92. The van der Waals surface area contributed by atoms with Crippen molar-refractivity contribution in [1.82, 2.24) is 0 Å². The Morgan fingerprint density at radius 2 is 1.08 bits per heavy atom. The number of carbonyl (C=O) groups is 2. The number of hydrogen-bond donors (Lipinski definition) is 1. The number of carboxylic acid groups (broad SMARTS) is 1. The predicted octanol–water partition coefficient (Wildman–Crippen LogP) is 10.6. The lowest BCUT2D eigenvalue weighted by molar-refractivity contribution is -0.160. The molecule has 0 aromatic rings. The van der Waals surface area contributed by atoms with Gasteiger partial charge in [0.15, 0.2) is 0 Å². The molecule has 0 aromatic carbocycles. The number of esters is 1. The molecule has 1 N–H and O–H groups in total. The first-order valence-corrected chi connectivity index (χ1v) is 16.7. The maximum atomic E-state index is 12.9. The van der Waals surface area contributed by atoms with Crippen LogP contribution in [-0.2, 0) is 14.3 Å². The molecule has 1 rings (SSSR count). The Morgan fingerprint density at radius 3 is 1.47 bits per heavy atom. The zero-order valence-electron chi connectivity index (χ0n) is 25.2. The third-order valence-corrected chi connectivity index (χ3v) is 8.30. The van der Waals surface area contributed by atoms with Gasteiger partial charge >= 0.3 is 11.9 Å². The van der Waals surface area contributed by atoms with Crippen LogP contribution >= 0.6 is 0 Å². The molecule has 0 amide bonds. The molecule has 1 aliphatic carbocycles. The lowest BCUT2D eigenvalue weighted by atomic mass is 9.84. The Hall–Kier alpha value is -1.32. The fourth-order valence-electron chi connectivity index (χ4n) is 5.75. The summed E-state index contributed by atoms with van der Waals surface area (Å²) in [7, 11) is 0. The van der Waals surface area contributed by atoms with Crippen LogP contribution in [0.25, 0.3) is 0 Å². The molecule has 4 nitrogen and oxygen atoms in total. The molecule has 0 fully saturated rings. The van der Waals surface area contributed by atoms with E-state index >= 15 is 0 Å². The summed E-state index contributed by atoms with van der Waals surface area (Å²) in [5, 5.41) is 9.55. The first kappa shape index (κ1) is 34.7. The molecule has 1 aliphatic rings. The summed E-state index contributed by atoms with van der Waals surface area (Å²) in [6.07, 6.45) is 34.2. The molecule has 38 heavy (non-hydrogen) atoms. The van der Waals surface area contributed by atoms with Gasteiger partial charge in [-0.15, -0.1) is 0 Å². The van der Waals surface area contributed by atoms with Crippen molar-refractivity contribution in [2.75, 3.05) is 0 Å². The van der Waals surface area contributed by atoms with Crippen LogP contribution < -0.4 is 0 Å². The van der Waals surface area contributed by atoms with Gasteiger partial charge in [0.25, 0.3) is 0 Å². The van der Waals surface area contributed by atoms with Crippen molar-refractivity contribution >= 4 is 11.9 Å². The second-order valence-electron chi connectivity index (χ2n) is 11.8. The summed E-state index contributed by atoms with van der Waals surface area (Å²) in [5.41, 5.74) is 0. The summed E-state index contributed by atoms with van der Waals surface area (Å²) in [4.78, 5) is 24.6. The van der Waals surface area contributed by atoms with Gasteiger partial charge in [-0.1, -0.05) is 148 Å². The molecule has 0 aromatic heterocycles. The van der Waals surface area contributed by atoms with Gasteiger partial charge in [-0.2, -0.15) is 0 Å². The summed E-state index contributed by atoms with van der Waals surface area (Å²) < 4.78 is 5.96. The van der Waals surface area contributed by atoms with E-state index in [0.717, 1.165) is 32.1 Å². The molecule has 0 radical (unpaired) electrons. The molecule has 0 aliphatic heterocycles. The highest BCUT2D eigenvalue weighted by Crippen LogP contribution is 2.28. The Labute approximate surface area is 235 Å². The van der Waals surface area contributed by atoms with E-state index in [1.54, 1.807) is 6.08 Å². The highest BCUT2D eigenvalue weighted by molar-refractivity contribution is 5.83. The van der Waals surface area contributed by atoms with Gasteiger partial charge in [-0.05, 0) is 38.5 Å². The van der Waals surface area contributed by atoms with Gasteiger partial charge in [-0.25, -0.2) is 0 Å². The highest BCUT2D eigenvalue weighted by atomic mass is 16.5. The molecule has 3 atom stereocenters. The minimum absolute atomic E-state index is 0.0691. The number of carbonyl (C=O) groups excluding carboxylic acids is 1. The van der Waals surface area contributed by atoms with E-state index < -0.39 is 17.8 Å². The van der Waals surface area contributed by atoms with Gasteiger partial charge in [0.1, 0.15) is 6.10 Å². The van der Waals surface area contributed by atoms with Crippen molar-refractivity contribution in [3.63, 3.8) is 0 Å². The maximum Gasteiger partial charge on any atom is 0.313 e. The fraction of sp³-hybridized carbons (Fsp3) is 0.882. The molecule has 4 heteroatoms. The van der Waals surface area contributed by atoms with Gasteiger partial charge < -0.3 is 9.84 Å². The minimum atomic E-state index is -0.883. The summed E-state index contributed by atoms with van der Waals surface area (Å²) in [6.45, 7) is 4.51. The molecule has 0 heterocycles. The van der Waals surface area contributed by atoms with E-state index in [0.29, 0.717) is 6.42 Å². The van der Waals surface area contributed by atoms with Crippen LogP contribution in [0.2, 0.25) is 0 Å². The number of carboxylic acids is 1. The van der Waals surface area contributed by atoms with Crippen molar-refractivity contribution in [3.05, 3.63) is 12.2 Å². The van der Waals surface area contributed by atoms with Crippen molar-refractivity contribution in [1.29, 1.82) is 0 Å². The molecule has 0 spiro atoms. The minimum Gasteiger partial charge on any atom is -0.481 e. The van der Waals surface area contributed by atoms with Crippen LogP contribution in [0.3, 0.4) is 0 Å². The van der Waals surface area contributed by atoms with E-state index in [9.17, 15) is 14.7 Å². The van der Waals surface area contributed by atoms with Gasteiger partial charge in [0.2, 0.25) is 0 Å². The van der Waals surface area contributed by atoms with E-state index in [-0.39, 0.29) is 12.1 Å². The molecule has 0 saturated carbocycles. The lowest BCUT2D eigenvalue weighted by Crippen LogP contribution is -2.33. The second-order valence-corrected chi connectivity index (χ2v) is 11.8. The van der Waals surface area contributed by atoms with Crippen molar-refractivity contribution in [3.8, 4) is 0 Å². The molecule has 0 saturated heterocycles. The zero-order valence-corrected chi connectivity index (χ0v) is 25.2. The number of rotatable bonds is 26. The lowest BCUT2D eigenvalue weighted by Gasteiger charge is -2.26. The van der Waals surface area contributed by atoms with Crippen molar-refractivity contribution in [2.45, 2.75) is 180 Å². The summed E-state index contributed by atoms with van der Waals surface area (Å²) in [6, 6.07) is 0. The van der Waals surface area contributed by atoms with Crippen LogP contribution in [-0.4, -0.2) is 23.1 Å². The largest absolute Gasteiger partial charge is 0.481 e. The number of allylic oxidation sites excluding steroid dienone is 1. The maximum absolute atomic E-state index is 12.9. The molecule has 0 bridgehead atoms. The molecular formula is C34H62O4. The molecule has 222 valence electrons. The standard InChI is InChI=1S/C34H62O4/c1-3-5-7-9-11-12-13-14-15-16-17-18-19-21-23-27-30(26-22-20-10-8-6-4-2)38-34(37)32-29-25-24-28-31(32)33(35)36/h25,29-32H,3-24,26-28H2,1-2H3,(H,35,36). The number of ether oxygens (including phenoxy) is 1.